The highest BCUT2D eigenvalue weighted by atomic mass is 35.5. The molecule has 6 heteroatoms. The number of carbonyl (C=O) groups excluding carboxylic acids is 1. The Hall–Kier alpha value is -1.78. The van der Waals surface area contributed by atoms with Crippen molar-refractivity contribution in [2.45, 2.75) is 25.4 Å². The van der Waals surface area contributed by atoms with Gasteiger partial charge in [-0.05, 0) is 42.7 Å². The van der Waals surface area contributed by atoms with E-state index in [1.807, 2.05) is 0 Å². The first-order chi connectivity index (χ1) is 11.5. The predicted molar refractivity (Wildman–Crippen MR) is 91.9 cm³/mol. The van der Waals surface area contributed by atoms with Gasteiger partial charge >= 0.3 is 0 Å². The summed E-state index contributed by atoms with van der Waals surface area (Å²) in [6.07, 6.45) is 1.95. The minimum absolute atomic E-state index is 0.113. The second-order valence-corrected chi connectivity index (χ2v) is 6.59. The molecule has 126 valence electrons. The molecule has 2 aromatic carbocycles. The Morgan fingerprint density at radius 3 is 2.54 bits per heavy atom. The van der Waals surface area contributed by atoms with Crippen molar-refractivity contribution in [2.75, 3.05) is 6.61 Å². The minimum atomic E-state index is -0.290. The molecule has 1 aliphatic rings. The molecule has 0 bridgehead atoms. The lowest BCUT2D eigenvalue weighted by Crippen LogP contribution is -2.36. The van der Waals surface area contributed by atoms with Crippen LogP contribution in [0, 0.1) is 5.82 Å². The molecule has 3 rings (SSSR count). The molecule has 0 unspecified atom stereocenters. The third kappa shape index (κ3) is 4.40. The molecule has 0 radical (unpaired) electrons. The van der Waals surface area contributed by atoms with E-state index in [0.29, 0.717) is 22.3 Å². The van der Waals surface area contributed by atoms with Gasteiger partial charge in [-0.1, -0.05) is 35.3 Å². The maximum absolute atomic E-state index is 13.0. The third-order valence-corrected chi connectivity index (χ3v) is 4.37. The van der Waals surface area contributed by atoms with Crippen molar-refractivity contribution in [3.63, 3.8) is 0 Å². The zero-order valence-electron chi connectivity index (χ0n) is 12.8. The molecule has 1 saturated carbocycles. The van der Waals surface area contributed by atoms with Gasteiger partial charge in [-0.3, -0.25) is 4.79 Å². The fourth-order valence-electron chi connectivity index (χ4n) is 2.40. The number of ether oxygens (including phenoxy) is 1. The first kappa shape index (κ1) is 17.1. The van der Waals surface area contributed by atoms with Gasteiger partial charge in [0.1, 0.15) is 11.6 Å². The Morgan fingerprint density at radius 2 is 1.88 bits per heavy atom. The van der Waals surface area contributed by atoms with Crippen LogP contribution in [0.25, 0.3) is 0 Å². The quantitative estimate of drug-likeness (QED) is 0.740. The SMILES string of the molecule is O=C(COc1cc(Cl)ccc1Cl)N(Cc1ccc(F)cc1)C1CC1. The number of benzene rings is 2. The summed E-state index contributed by atoms with van der Waals surface area (Å²) in [5, 5.41) is 0.899. The largest absolute Gasteiger partial charge is 0.482 e. The number of amides is 1. The molecule has 0 atom stereocenters. The molecule has 0 N–H and O–H groups in total. The van der Waals surface area contributed by atoms with Gasteiger partial charge in [0.2, 0.25) is 0 Å². The van der Waals surface area contributed by atoms with Crippen molar-refractivity contribution in [1.29, 1.82) is 0 Å². The maximum atomic E-state index is 13.0. The molecule has 1 amide bonds. The highest BCUT2D eigenvalue weighted by Crippen LogP contribution is 2.30. The van der Waals surface area contributed by atoms with Gasteiger partial charge in [0.15, 0.2) is 6.61 Å². The van der Waals surface area contributed by atoms with E-state index in [1.165, 1.54) is 12.1 Å². The lowest BCUT2D eigenvalue weighted by atomic mass is 10.2. The monoisotopic (exact) mass is 367 g/mol. The number of nitrogens with zero attached hydrogens (tertiary/aromatic N) is 1. The van der Waals surface area contributed by atoms with Crippen molar-refractivity contribution in [2.24, 2.45) is 0 Å². The fourth-order valence-corrected chi connectivity index (χ4v) is 2.74. The first-order valence-electron chi connectivity index (χ1n) is 7.64. The van der Waals surface area contributed by atoms with E-state index in [0.717, 1.165) is 18.4 Å². The van der Waals surface area contributed by atoms with Crippen LogP contribution in [0.1, 0.15) is 18.4 Å². The van der Waals surface area contributed by atoms with E-state index in [-0.39, 0.29) is 24.4 Å². The highest BCUT2D eigenvalue weighted by Gasteiger charge is 2.32. The number of carbonyl (C=O) groups is 1. The van der Waals surface area contributed by atoms with Crippen molar-refractivity contribution < 1.29 is 13.9 Å². The van der Waals surface area contributed by atoms with E-state index in [2.05, 4.69) is 0 Å². The standard InChI is InChI=1S/C18H16Cl2FNO2/c19-13-3-8-16(20)17(9-13)24-11-18(23)22(15-6-7-15)10-12-1-4-14(21)5-2-12/h1-5,8-9,15H,6-7,10-11H2. The number of rotatable bonds is 6. The lowest BCUT2D eigenvalue weighted by Gasteiger charge is -2.23. The van der Waals surface area contributed by atoms with E-state index in [1.54, 1.807) is 35.2 Å². The van der Waals surface area contributed by atoms with Crippen LogP contribution in [0.4, 0.5) is 4.39 Å². The van der Waals surface area contributed by atoms with Crippen LogP contribution in [0.3, 0.4) is 0 Å². The second-order valence-electron chi connectivity index (χ2n) is 5.74. The van der Waals surface area contributed by atoms with Crippen molar-refractivity contribution in [1.82, 2.24) is 4.90 Å². The zero-order chi connectivity index (χ0) is 17.1. The predicted octanol–water partition coefficient (Wildman–Crippen LogP) is 4.70. The van der Waals surface area contributed by atoms with Gasteiger partial charge in [0.05, 0.1) is 5.02 Å². The molecule has 0 aromatic heterocycles. The van der Waals surface area contributed by atoms with Crippen LogP contribution >= 0.6 is 23.2 Å². The Morgan fingerprint density at radius 1 is 1.17 bits per heavy atom. The highest BCUT2D eigenvalue weighted by molar-refractivity contribution is 6.34. The summed E-state index contributed by atoms with van der Waals surface area (Å²) in [5.41, 5.74) is 0.887. The Balaban J connectivity index is 1.64. The number of hydrogen-bond acceptors (Lipinski definition) is 2. The van der Waals surface area contributed by atoms with Crippen molar-refractivity contribution >= 4 is 29.1 Å². The van der Waals surface area contributed by atoms with Crippen LogP contribution < -0.4 is 4.74 Å². The summed E-state index contributed by atoms with van der Waals surface area (Å²) in [6, 6.07) is 11.3. The molecular formula is C18H16Cl2FNO2. The summed E-state index contributed by atoms with van der Waals surface area (Å²) in [7, 11) is 0. The van der Waals surface area contributed by atoms with Gasteiger partial charge in [-0.2, -0.15) is 0 Å². The Kier molecular flexibility index (Phi) is 5.27. The van der Waals surface area contributed by atoms with Gasteiger partial charge in [0.25, 0.3) is 5.91 Å². The molecular weight excluding hydrogens is 352 g/mol. The summed E-state index contributed by atoms with van der Waals surface area (Å²) in [6.45, 7) is 0.328. The van der Waals surface area contributed by atoms with Crippen molar-refractivity contribution in [3.8, 4) is 5.75 Å². The molecule has 2 aromatic rings. The van der Waals surface area contributed by atoms with E-state index in [9.17, 15) is 9.18 Å². The van der Waals surface area contributed by atoms with Crippen molar-refractivity contribution in [3.05, 3.63) is 63.9 Å². The average Bonchev–Trinajstić information content (AvgIpc) is 3.39. The summed E-state index contributed by atoms with van der Waals surface area (Å²) in [5.74, 6) is -0.0325. The summed E-state index contributed by atoms with van der Waals surface area (Å²) < 4.78 is 18.5. The molecule has 1 aliphatic carbocycles. The summed E-state index contributed by atoms with van der Waals surface area (Å²) >= 11 is 11.9. The Bertz CT molecular complexity index is 732. The third-order valence-electron chi connectivity index (χ3n) is 3.82. The van der Waals surface area contributed by atoms with E-state index < -0.39 is 0 Å². The number of halogens is 3. The molecule has 0 aliphatic heterocycles. The topological polar surface area (TPSA) is 29.5 Å². The Labute approximate surface area is 149 Å². The van der Waals surface area contributed by atoms with Gasteiger partial charge in [-0.15, -0.1) is 0 Å². The molecule has 0 spiro atoms. The maximum Gasteiger partial charge on any atom is 0.261 e. The molecule has 0 heterocycles. The van der Waals surface area contributed by atoms with E-state index >= 15 is 0 Å². The smallest absolute Gasteiger partial charge is 0.261 e. The average molecular weight is 368 g/mol. The summed E-state index contributed by atoms with van der Waals surface area (Å²) in [4.78, 5) is 14.3. The molecule has 1 fully saturated rings. The normalized spacial score (nSPS) is 13.6. The fraction of sp³-hybridized carbons (Fsp3) is 0.278. The van der Waals surface area contributed by atoms with Crippen LogP contribution in [-0.4, -0.2) is 23.5 Å². The molecule has 24 heavy (non-hydrogen) atoms. The van der Waals surface area contributed by atoms with Crippen LogP contribution in [-0.2, 0) is 11.3 Å². The van der Waals surface area contributed by atoms with Gasteiger partial charge in [-0.25, -0.2) is 4.39 Å². The van der Waals surface area contributed by atoms with Crippen LogP contribution in [0.2, 0.25) is 10.0 Å². The second kappa shape index (κ2) is 7.41. The van der Waals surface area contributed by atoms with Gasteiger partial charge in [0, 0.05) is 23.7 Å². The van der Waals surface area contributed by atoms with Gasteiger partial charge < -0.3 is 9.64 Å². The van der Waals surface area contributed by atoms with Crippen LogP contribution in [0.15, 0.2) is 42.5 Å². The molecule has 0 saturated heterocycles. The lowest BCUT2D eigenvalue weighted by molar-refractivity contribution is -0.134. The molecule has 3 nitrogen and oxygen atoms in total. The first-order valence-corrected chi connectivity index (χ1v) is 8.40. The van der Waals surface area contributed by atoms with Crippen LogP contribution in [0.5, 0.6) is 5.75 Å². The number of hydrogen-bond donors (Lipinski definition) is 0. The zero-order valence-corrected chi connectivity index (χ0v) is 14.4. The minimum Gasteiger partial charge on any atom is -0.482 e. The van der Waals surface area contributed by atoms with E-state index in [4.69, 9.17) is 27.9 Å².